The van der Waals surface area contributed by atoms with Crippen molar-refractivity contribution in [2.75, 3.05) is 0 Å². The minimum atomic E-state index is -1.64. The average Bonchev–Trinajstić information content (AvgIpc) is 3.27. The zero-order valence-corrected chi connectivity index (χ0v) is 19.3. The summed E-state index contributed by atoms with van der Waals surface area (Å²) in [6.45, 7) is 4.77. The Labute approximate surface area is 196 Å². The van der Waals surface area contributed by atoms with Gasteiger partial charge in [-0.15, -0.1) is 0 Å². The molecule has 190 valence electrons. The van der Waals surface area contributed by atoms with Gasteiger partial charge in [-0.1, -0.05) is 20.3 Å². The van der Waals surface area contributed by atoms with Crippen LogP contribution in [0.4, 0.5) is 0 Å². The highest BCUT2D eigenvalue weighted by atomic mass is 16.4. The minimum Gasteiger partial charge on any atom is -0.480 e. The summed E-state index contributed by atoms with van der Waals surface area (Å²) >= 11 is 0. The highest BCUT2D eigenvalue weighted by Crippen LogP contribution is 2.07. The maximum atomic E-state index is 12.9. The Hall–Kier alpha value is -3.52. The quantitative estimate of drug-likeness (QED) is 0.135. The molecule has 6 unspecified atom stereocenters. The van der Waals surface area contributed by atoms with Gasteiger partial charge in [0, 0.05) is 18.3 Å². The number of rotatable bonds is 14. The third-order valence-electron chi connectivity index (χ3n) is 5.26. The lowest BCUT2D eigenvalue weighted by atomic mass is 9.99. The fraction of sp³-hybridized carbons (Fsp3) is 0.600. The zero-order chi connectivity index (χ0) is 26.0. The molecule has 0 saturated heterocycles. The Balaban J connectivity index is 3.09. The SMILES string of the molecule is CCC(C)C(N)C(=O)NC(CC(N)=O)C(=O)NC(Cc1cnc[nH]1)C(=O)NC(C(=O)O)C(C)O. The number of carbonyl (C=O) groups is 5. The van der Waals surface area contributed by atoms with Gasteiger partial charge in [0.05, 0.1) is 24.9 Å². The molecule has 0 bridgehead atoms. The summed E-state index contributed by atoms with van der Waals surface area (Å²) in [5, 5.41) is 25.8. The van der Waals surface area contributed by atoms with Crippen LogP contribution in [-0.4, -0.2) is 80.1 Å². The Morgan fingerprint density at radius 2 is 1.65 bits per heavy atom. The molecule has 10 N–H and O–H groups in total. The summed E-state index contributed by atoms with van der Waals surface area (Å²) in [5.41, 5.74) is 11.5. The van der Waals surface area contributed by atoms with Crippen LogP contribution in [0.25, 0.3) is 0 Å². The monoisotopic (exact) mass is 483 g/mol. The molecular formula is C20H33N7O7. The normalized spacial score (nSPS) is 16.3. The van der Waals surface area contributed by atoms with Crippen LogP contribution >= 0.6 is 0 Å². The van der Waals surface area contributed by atoms with E-state index in [0.717, 1.165) is 0 Å². The topological polar surface area (TPSA) is 243 Å². The van der Waals surface area contributed by atoms with E-state index in [1.54, 1.807) is 6.92 Å². The lowest BCUT2D eigenvalue weighted by Gasteiger charge is -2.26. The number of amides is 4. The molecule has 0 radical (unpaired) electrons. The van der Waals surface area contributed by atoms with Crippen molar-refractivity contribution in [3.63, 3.8) is 0 Å². The molecule has 1 rings (SSSR count). The summed E-state index contributed by atoms with van der Waals surface area (Å²) in [5.74, 6) is -5.07. The minimum absolute atomic E-state index is 0.132. The molecule has 4 amide bonds. The molecule has 0 aliphatic rings. The molecule has 0 fully saturated rings. The first kappa shape index (κ1) is 28.5. The van der Waals surface area contributed by atoms with Crippen LogP contribution < -0.4 is 27.4 Å². The summed E-state index contributed by atoms with van der Waals surface area (Å²) in [7, 11) is 0. The number of carboxylic acids is 1. The first-order valence-electron chi connectivity index (χ1n) is 10.7. The molecule has 0 aliphatic heterocycles. The Morgan fingerprint density at radius 1 is 1.06 bits per heavy atom. The molecule has 14 heteroatoms. The molecule has 0 aromatic carbocycles. The number of nitrogens with two attached hydrogens (primary N) is 2. The van der Waals surface area contributed by atoms with E-state index in [0.29, 0.717) is 12.1 Å². The van der Waals surface area contributed by atoms with Crippen molar-refractivity contribution in [2.24, 2.45) is 17.4 Å². The number of hydrogen-bond donors (Lipinski definition) is 8. The number of imidazole rings is 1. The van der Waals surface area contributed by atoms with Gasteiger partial charge in [-0.2, -0.15) is 0 Å². The summed E-state index contributed by atoms with van der Waals surface area (Å²) in [6.07, 6.45) is 1.22. The van der Waals surface area contributed by atoms with Crippen molar-refractivity contribution >= 4 is 29.6 Å². The summed E-state index contributed by atoms with van der Waals surface area (Å²) in [4.78, 5) is 67.6. The number of nitrogens with one attached hydrogen (secondary N) is 4. The molecule has 34 heavy (non-hydrogen) atoms. The largest absolute Gasteiger partial charge is 0.480 e. The van der Waals surface area contributed by atoms with E-state index in [1.807, 2.05) is 6.92 Å². The van der Waals surface area contributed by atoms with Crippen LogP contribution in [0.2, 0.25) is 0 Å². The van der Waals surface area contributed by atoms with Gasteiger partial charge in [0.15, 0.2) is 6.04 Å². The van der Waals surface area contributed by atoms with E-state index in [9.17, 15) is 34.2 Å². The number of hydrogen-bond acceptors (Lipinski definition) is 8. The zero-order valence-electron chi connectivity index (χ0n) is 19.3. The van der Waals surface area contributed by atoms with Gasteiger partial charge in [0.25, 0.3) is 0 Å². The Bertz CT molecular complexity index is 859. The molecule has 1 heterocycles. The first-order valence-corrected chi connectivity index (χ1v) is 10.7. The van der Waals surface area contributed by atoms with Gasteiger partial charge in [-0.3, -0.25) is 19.2 Å². The van der Waals surface area contributed by atoms with E-state index in [1.165, 1.54) is 19.4 Å². The smallest absolute Gasteiger partial charge is 0.328 e. The first-order chi connectivity index (χ1) is 15.9. The van der Waals surface area contributed by atoms with Crippen LogP contribution in [0.5, 0.6) is 0 Å². The Kier molecular flexibility index (Phi) is 11.1. The van der Waals surface area contributed by atoms with Gasteiger partial charge in [-0.05, 0) is 12.8 Å². The van der Waals surface area contributed by atoms with Crippen molar-refractivity contribution < 1.29 is 34.2 Å². The van der Waals surface area contributed by atoms with E-state index >= 15 is 0 Å². The van der Waals surface area contributed by atoms with E-state index in [4.69, 9.17) is 11.5 Å². The fourth-order valence-electron chi connectivity index (χ4n) is 2.93. The molecule has 0 saturated carbocycles. The number of primary amides is 1. The van der Waals surface area contributed by atoms with E-state index in [-0.39, 0.29) is 12.3 Å². The number of aliphatic carboxylic acids is 1. The van der Waals surface area contributed by atoms with Gasteiger partial charge in [-0.25, -0.2) is 9.78 Å². The van der Waals surface area contributed by atoms with Crippen molar-refractivity contribution in [1.82, 2.24) is 25.9 Å². The van der Waals surface area contributed by atoms with Crippen molar-refractivity contribution in [3.8, 4) is 0 Å². The third-order valence-corrected chi connectivity index (χ3v) is 5.26. The third kappa shape index (κ3) is 8.78. The van der Waals surface area contributed by atoms with E-state index < -0.39 is 66.3 Å². The van der Waals surface area contributed by atoms with Crippen LogP contribution in [-0.2, 0) is 30.4 Å². The molecule has 1 aromatic rings. The number of aromatic amines is 1. The van der Waals surface area contributed by atoms with Crippen LogP contribution in [0.1, 0.15) is 39.3 Å². The van der Waals surface area contributed by atoms with Crippen molar-refractivity contribution in [2.45, 2.75) is 70.3 Å². The second kappa shape index (κ2) is 13.3. The van der Waals surface area contributed by atoms with E-state index in [2.05, 4.69) is 25.9 Å². The van der Waals surface area contributed by atoms with Gasteiger partial charge >= 0.3 is 5.97 Å². The fourth-order valence-corrected chi connectivity index (χ4v) is 2.93. The highest BCUT2D eigenvalue weighted by molar-refractivity contribution is 5.96. The molecule has 6 atom stereocenters. The number of aliphatic hydroxyl groups excluding tert-OH is 1. The predicted molar refractivity (Wildman–Crippen MR) is 119 cm³/mol. The second-order valence-corrected chi connectivity index (χ2v) is 8.05. The van der Waals surface area contributed by atoms with Crippen molar-refractivity contribution in [3.05, 3.63) is 18.2 Å². The number of aliphatic hydroxyl groups is 1. The molecule has 0 aliphatic carbocycles. The van der Waals surface area contributed by atoms with Crippen LogP contribution in [0.15, 0.2) is 12.5 Å². The number of carboxylic acid groups (broad SMARTS) is 1. The lowest BCUT2D eigenvalue weighted by Crippen LogP contribution is -2.59. The van der Waals surface area contributed by atoms with Crippen molar-refractivity contribution in [1.29, 1.82) is 0 Å². The number of nitrogens with zero attached hydrogens (tertiary/aromatic N) is 1. The standard InChI is InChI=1S/C20H33N7O7/c1-4-9(2)15(22)19(32)26-13(6-14(21)29)17(30)25-12(5-11-7-23-8-24-11)18(31)27-16(10(3)28)20(33)34/h7-10,12-13,15-16,28H,4-6,22H2,1-3H3,(H2,21,29)(H,23,24)(H,25,30)(H,26,32)(H,27,31)(H,33,34). The Morgan fingerprint density at radius 3 is 2.12 bits per heavy atom. The average molecular weight is 484 g/mol. The summed E-state index contributed by atoms with van der Waals surface area (Å²) in [6, 6.07) is -5.35. The molecule has 1 aromatic heterocycles. The van der Waals surface area contributed by atoms with Gasteiger partial charge in [0.1, 0.15) is 12.1 Å². The van der Waals surface area contributed by atoms with Gasteiger partial charge in [0.2, 0.25) is 23.6 Å². The number of carbonyl (C=O) groups excluding carboxylic acids is 4. The maximum Gasteiger partial charge on any atom is 0.328 e. The number of aromatic nitrogens is 2. The maximum absolute atomic E-state index is 12.9. The number of H-pyrrole nitrogens is 1. The van der Waals surface area contributed by atoms with Gasteiger partial charge < -0.3 is 42.6 Å². The molecular weight excluding hydrogens is 450 g/mol. The second-order valence-electron chi connectivity index (χ2n) is 8.05. The lowest BCUT2D eigenvalue weighted by molar-refractivity contribution is -0.145. The van der Waals surface area contributed by atoms with Crippen LogP contribution in [0, 0.1) is 5.92 Å². The molecule has 14 nitrogen and oxygen atoms in total. The summed E-state index contributed by atoms with van der Waals surface area (Å²) < 4.78 is 0. The highest BCUT2D eigenvalue weighted by Gasteiger charge is 2.33. The predicted octanol–water partition coefficient (Wildman–Crippen LogP) is -2.88. The molecule has 0 spiro atoms. The van der Waals surface area contributed by atoms with Crippen LogP contribution in [0.3, 0.4) is 0 Å².